The summed E-state index contributed by atoms with van der Waals surface area (Å²) in [6.45, 7) is 8.51. The zero-order valence-electron chi connectivity index (χ0n) is 10.4. The van der Waals surface area contributed by atoms with Gasteiger partial charge in [-0.25, -0.2) is 9.97 Å². The molecule has 1 aromatic heterocycles. The highest BCUT2D eigenvalue weighted by atomic mass is 32.2. The Kier molecular flexibility index (Phi) is 6.42. The first-order chi connectivity index (χ1) is 7.72. The van der Waals surface area contributed by atoms with Gasteiger partial charge in [0.05, 0.1) is 0 Å². The Balaban J connectivity index is 2.26. The van der Waals surface area contributed by atoms with E-state index in [9.17, 15) is 0 Å². The van der Waals surface area contributed by atoms with Crippen LogP contribution < -0.4 is 5.32 Å². The van der Waals surface area contributed by atoms with Crippen LogP contribution in [0.4, 0.5) is 0 Å². The minimum Gasteiger partial charge on any atom is -0.313 e. The maximum atomic E-state index is 4.29. The van der Waals surface area contributed by atoms with Gasteiger partial charge >= 0.3 is 0 Å². The smallest absolute Gasteiger partial charge is 0.187 e. The molecular weight excluding hydrogens is 218 g/mol. The Labute approximate surface area is 102 Å². The molecule has 4 heteroatoms. The predicted octanol–water partition coefficient (Wildman–Crippen LogP) is 2.72. The van der Waals surface area contributed by atoms with Gasteiger partial charge in [-0.3, -0.25) is 0 Å². The van der Waals surface area contributed by atoms with Crippen LogP contribution in [0.2, 0.25) is 0 Å². The second kappa shape index (κ2) is 7.63. The maximum absolute atomic E-state index is 4.29. The Bertz CT molecular complexity index is 285. The molecule has 1 heterocycles. The normalized spacial score (nSPS) is 11.0. The molecule has 16 heavy (non-hydrogen) atoms. The van der Waals surface area contributed by atoms with Crippen molar-refractivity contribution in [1.82, 2.24) is 15.3 Å². The summed E-state index contributed by atoms with van der Waals surface area (Å²) in [6.07, 6.45) is 5.03. The molecule has 0 aliphatic rings. The summed E-state index contributed by atoms with van der Waals surface area (Å²) in [6, 6.07) is 0. The van der Waals surface area contributed by atoms with Gasteiger partial charge in [-0.1, -0.05) is 32.5 Å². The SMILES string of the molecule is CCSc1ncc(CNCCC(C)C)cn1. The summed E-state index contributed by atoms with van der Waals surface area (Å²) in [5, 5.41) is 4.27. The number of rotatable bonds is 7. The molecule has 0 spiro atoms. The molecule has 0 aliphatic heterocycles. The van der Waals surface area contributed by atoms with E-state index in [1.807, 2.05) is 12.4 Å². The van der Waals surface area contributed by atoms with Crippen molar-refractivity contribution in [2.45, 2.75) is 38.9 Å². The maximum Gasteiger partial charge on any atom is 0.187 e. The van der Waals surface area contributed by atoms with Crippen molar-refractivity contribution in [2.24, 2.45) is 5.92 Å². The summed E-state index contributed by atoms with van der Waals surface area (Å²) >= 11 is 1.67. The van der Waals surface area contributed by atoms with E-state index in [-0.39, 0.29) is 0 Å². The monoisotopic (exact) mass is 239 g/mol. The van der Waals surface area contributed by atoms with Gasteiger partial charge in [0, 0.05) is 24.5 Å². The third-order valence-corrected chi connectivity index (χ3v) is 2.94. The average molecular weight is 239 g/mol. The summed E-state index contributed by atoms with van der Waals surface area (Å²) in [5.41, 5.74) is 1.16. The molecule has 0 saturated heterocycles. The van der Waals surface area contributed by atoms with E-state index in [4.69, 9.17) is 0 Å². The zero-order valence-corrected chi connectivity index (χ0v) is 11.2. The zero-order chi connectivity index (χ0) is 11.8. The quantitative estimate of drug-likeness (QED) is 0.451. The molecule has 0 radical (unpaired) electrons. The van der Waals surface area contributed by atoms with E-state index in [2.05, 4.69) is 36.1 Å². The summed E-state index contributed by atoms with van der Waals surface area (Å²) in [5.74, 6) is 1.78. The standard InChI is InChI=1S/C12H21N3S/c1-4-16-12-14-8-11(9-15-12)7-13-6-5-10(2)3/h8-10,13H,4-7H2,1-3H3. The van der Waals surface area contributed by atoms with Crippen molar-refractivity contribution in [1.29, 1.82) is 0 Å². The minimum absolute atomic E-state index is 0.757. The van der Waals surface area contributed by atoms with Gasteiger partial charge in [0.1, 0.15) is 0 Å². The number of thioether (sulfide) groups is 1. The molecule has 0 fully saturated rings. The predicted molar refractivity (Wildman–Crippen MR) is 69.6 cm³/mol. The van der Waals surface area contributed by atoms with Crippen molar-refractivity contribution in [3.05, 3.63) is 18.0 Å². The van der Waals surface area contributed by atoms with Crippen LogP contribution in [0.5, 0.6) is 0 Å². The van der Waals surface area contributed by atoms with E-state index in [1.165, 1.54) is 6.42 Å². The lowest BCUT2D eigenvalue weighted by molar-refractivity contribution is 0.536. The van der Waals surface area contributed by atoms with Gasteiger partial charge in [0.15, 0.2) is 5.16 Å². The van der Waals surface area contributed by atoms with Crippen LogP contribution in [-0.2, 0) is 6.54 Å². The Morgan fingerprint density at radius 3 is 2.56 bits per heavy atom. The first-order valence-corrected chi connectivity index (χ1v) is 6.85. The molecule has 0 aromatic carbocycles. The number of nitrogens with one attached hydrogen (secondary N) is 1. The van der Waals surface area contributed by atoms with Gasteiger partial charge in [0.2, 0.25) is 0 Å². The van der Waals surface area contributed by atoms with Gasteiger partial charge < -0.3 is 5.32 Å². The van der Waals surface area contributed by atoms with Gasteiger partial charge in [-0.2, -0.15) is 0 Å². The average Bonchev–Trinajstić information content (AvgIpc) is 2.27. The highest BCUT2D eigenvalue weighted by molar-refractivity contribution is 7.99. The highest BCUT2D eigenvalue weighted by Crippen LogP contribution is 2.10. The molecule has 3 nitrogen and oxygen atoms in total. The lowest BCUT2D eigenvalue weighted by Gasteiger charge is -2.06. The van der Waals surface area contributed by atoms with Crippen LogP contribution in [0.3, 0.4) is 0 Å². The third-order valence-electron chi connectivity index (χ3n) is 2.18. The van der Waals surface area contributed by atoms with Crippen LogP contribution in [0.15, 0.2) is 17.6 Å². The lowest BCUT2D eigenvalue weighted by atomic mass is 10.1. The first kappa shape index (κ1) is 13.5. The van der Waals surface area contributed by atoms with Crippen LogP contribution in [0.1, 0.15) is 32.8 Å². The molecule has 90 valence electrons. The third kappa shape index (κ3) is 5.47. The molecule has 1 N–H and O–H groups in total. The second-order valence-corrected chi connectivity index (χ2v) is 5.40. The van der Waals surface area contributed by atoms with Crippen LogP contribution in [0.25, 0.3) is 0 Å². The van der Waals surface area contributed by atoms with E-state index < -0.39 is 0 Å². The molecule has 0 aliphatic carbocycles. The van der Waals surface area contributed by atoms with Gasteiger partial charge in [-0.05, 0) is 24.6 Å². The molecule has 0 bridgehead atoms. The van der Waals surface area contributed by atoms with Gasteiger partial charge in [0.25, 0.3) is 0 Å². The van der Waals surface area contributed by atoms with Crippen molar-refractivity contribution in [2.75, 3.05) is 12.3 Å². The molecule has 0 saturated carbocycles. The van der Waals surface area contributed by atoms with Crippen LogP contribution in [0, 0.1) is 5.92 Å². The molecule has 0 amide bonds. The molecular formula is C12H21N3S. The number of aromatic nitrogens is 2. The molecule has 0 atom stereocenters. The fraction of sp³-hybridized carbons (Fsp3) is 0.667. The van der Waals surface area contributed by atoms with E-state index in [1.54, 1.807) is 11.8 Å². The summed E-state index contributed by atoms with van der Waals surface area (Å²) in [7, 11) is 0. The topological polar surface area (TPSA) is 37.8 Å². The van der Waals surface area contributed by atoms with Crippen molar-refractivity contribution >= 4 is 11.8 Å². The Morgan fingerprint density at radius 2 is 2.00 bits per heavy atom. The Hall–Kier alpha value is -0.610. The highest BCUT2D eigenvalue weighted by Gasteiger charge is 1.98. The minimum atomic E-state index is 0.757. The first-order valence-electron chi connectivity index (χ1n) is 5.86. The molecule has 1 aromatic rings. The van der Waals surface area contributed by atoms with Crippen molar-refractivity contribution < 1.29 is 0 Å². The fourth-order valence-electron chi connectivity index (χ4n) is 1.26. The summed E-state index contributed by atoms with van der Waals surface area (Å²) < 4.78 is 0. The second-order valence-electron chi connectivity index (χ2n) is 4.17. The van der Waals surface area contributed by atoms with E-state index in [0.29, 0.717) is 0 Å². The summed E-state index contributed by atoms with van der Waals surface area (Å²) in [4.78, 5) is 8.59. The van der Waals surface area contributed by atoms with Gasteiger partial charge in [-0.15, -0.1) is 0 Å². The molecule has 1 rings (SSSR count). The lowest BCUT2D eigenvalue weighted by Crippen LogP contribution is -2.16. The van der Waals surface area contributed by atoms with Crippen molar-refractivity contribution in [3.8, 4) is 0 Å². The van der Waals surface area contributed by atoms with E-state index in [0.717, 1.165) is 35.5 Å². The van der Waals surface area contributed by atoms with Crippen molar-refractivity contribution in [3.63, 3.8) is 0 Å². The molecule has 0 unspecified atom stereocenters. The largest absolute Gasteiger partial charge is 0.313 e. The Morgan fingerprint density at radius 1 is 1.31 bits per heavy atom. The van der Waals surface area contributed by atoms with Crippen LogP contribution in [-0.4, -0.2) is 22.3 Å². The number of hydrogen-bond acceptors (Lipinski definition) is 4. The number of nitrogens with zero attached hydrogens (tertiary/aromatic N) is 2. The van der Waals surface area contributed by atoms with Crippen LogP contribution >= 0.6 is 11.8 Å². The van der Waals surface area contributed by atoms with E-state index >= 15 is 0 Å². The fourth-order valence-corrected chi connectivity index (χ4v) is 1.77. The number of hydrogen-bond donors (Lipinski definition) is 1.